The zero-order valence-electron chi connectivity index (χ0n) is 12.5. The molecule has 0 aliphatic carbocycles. The van der Waals surface area contributed by atoms with Gasteiger partial charge in [0.05, 0.1) is 10.5 Å². The second-order valence-electron chi connectivity index (χ2n) is 5.42. The van der Waals surface area contributed by atoms with E-state index in [0.717, 1.165) is 52.6 Å². The van der Waals surface area contributed by atoms with E-state index in [2.05, 4.69) is 47.7 Å². The molecule has 6 heteroatoms. The van der Waals surface area contributed by atoms with Crippen LogP contribution in [0.1, 0.15) is 41.8 Å². The predicted octanol–water partition coefficient (Wildman–Crippen LogP) is 3.30. The van der Waals surface area contributed by atoms with Crippen LogP contribution in [-0.2, 0) is 0 Å². The van der Waals surface area contributed by atoms with Gasteiger partial charge in [0, 0.05) is 30.2 Å². The fourth-order valence-electron chi connectivity index (χ4n) is 2.81. The van der Waals surface area contributed by atoms with Crippen LogP contribution in [0.25, 0.3) is 0 Å². The highest BCUT2D eigenvalue weighted by Gasteiger charge is 2.30. The molecule has 1 atom stereocenters. The van der Waals surface area contributed by atoms with Crippen molar-refractivity contribution in [2.75, 3.05) is 11.4 Å². The molecule has 1 aliphatic heterocycles. The molecule has 0 amide bonds. The molecule has 0 aromatic carbocycles. The molecule has 1 saturated heterocycles. The summed E-state index contributed by atoms with van der Waals surface area (Å²) in [6, 6.07) is 0.200. The second-order valence-corrected chi connectivity index (χ2v) is 6.33. The Morgan fingerprint density at radius 2 is 1.86 bits per heavy atom. The van der Waals surface area contributed by atoms with Gasteiger partial charge in [0.2, 0.25) is 0 Å². The maximum atomic E-state index is 4.66. The smallest absolute Gasteiger partial charge is 0.150 e. The molecule has 0 N–H and O–H groups in total. The highest BCUT2D eigenvalue weighted by Crippen LogP contribution is 2.35. The van der Waals surface area contributed by atoms with Crippen LogP contribution in [0.2, 0.25) is 0 Å². The van der Waals surface area contributed by atoms with E-state index in [0.29, 0.717) is 0 Å². The number of halogens is 1. The minimum Gasteiger partial charge on any atom is -0.346 e. The first-order chi connectivity index (χ1) is 10.1. The normalized spacial score (nSPS) is 18.3. The molecular weight excluding hydrogens is 330 g/mol. The van der Waals surface area contributed by atoms with Crippen LogP contribution in [-0.4, -0.2) is 26.5 Å². The molecule has 3 rings (SSSR count). The van der Waals surface area contributed by atoms with Crippen molar-refractivity contribution in [3.8, 4) is 0 Å². The second kappa shape index (κ2) is 5.67. The van der Waals surface area contributed by atoms with Crippen LogP contribution in [0, 0.1) is 20.8 Å². The Morgan fingerprint density at radius 1 is 1.14 bits per heavy atom. The molecular formula is C15H18BrN5. The first-order valence-corrected chi connectivity index (χ1v) is 7.91. The summed E-state index contributed by atoms with van der Waals surface area (Å²) < 4.78 is 0.903. The first-order valence-electron chi connectivity index (χ1n) is 7.12. The van der Waals surface area contributed by atoms with E-state index in [1.54, 1.807) is 0 Å². The third-order valence-electron chi connectivity index (χ3n) is 3.94. The summed E-state index contributed by atoms with van der Waals surface area (Å²) in [7, 11) is 0. The zero-order valence-corrected chi connectivity index (χ0v) is 14.1. The van der Waals surface area contributed by atoms with Gasteiger partial charge in [-0.15, -0.1) is 0 Å². The van der Waals surface area contributed by atoms with E-state index in [1.807, 2.05) is 26.2 Å². The maximum absolute atomic E-state index is 4.66. The Hall–Kier alpha value is -1.56. The Kier molecular flexibility index (Phi) is 3.89. The Bertz CT molecular complexity index is 656. The highest BCUT2D eigenvalue weighted by atomic mass is 79.9. The molecule has 0 bridgehead atoms. The number of anilines is 1. The number of aryl methyl sites for hydroxylation is 2. The first kappa shape index (κ1) is 14.4. The number of rotatable bonds is 2. The largest absolute Gasteiger partial charge is 0.346 e. The fourth-order valence-corrected chi connectivity index (χ4v) is 3.02. The van der Waals surface area contributed by atoms with Gasteiger partial charge in [-0.2, -0.15) is 0 Å². The molecule has 0 unspecified atom stereocenters. The fraction of sp³-hybridized carbons (Fsp3) is 0.467. The van der Waals surface area contributed by atoms with E-state index in [4.69, 9.17) is 0 Å². The number of hydrogen-bond donors (Lipinski definition) is 0. The highest BCUT2D eigenvalue weighted by molar-refractivity contribution is 9.10. The molecule has 1 fully saturated rings. The van der Waals surface area contributed by atoms with Crippen molar-refractivity contribution in [2.24, 2.45) is 0 Å². The van der Waals surface area contributed by atoms with Gasteiger partial charge < -0.3 is 4.90 Å². The monoisotopic (exact) mass is 347 g/mol. The lowest BCUT2D eigenvalue weighted by Gasteiger charge is -2.26. The van der Waals surface area contributed by atoms with Gasteiger partial charge in [0.1, 0.15) is 11.6 Å². The zero-order chi connectivity index (χ0) is 15.0. The molecule has 1 aliphatic rings. The quantitative estimate of drug-likeness (QED) is 0.834. The summed E-state index contributed by atoms with van der Waals surface area (Å²) in [5.41, 5.74) is 2.18. The third kappa shape index (κ3) is 2.77. The minimum atomic E-state index is 0.200. The van der Waals surface area contributed by atoms with Gasteiger partial charge >= 0.3 is 0 Å². The van der Waals surface area contributed by atoms with Crippen molar-refractivity contribution >= 4 is 21.7 Å². The lowest BCUT2D eigenvalue weighted by molar-refractivity contribution is 0.655. The Labute approximate surface area is 133 Å². The van der Waals surface area contributed by atoms with E-state index in [-0.39, 0.29) is 6.04 Å². The van der Waals surface area contributed by atoms with E-state index in [1.165, 1.54) is 0 Å². The van der Waals surface area contributed by atoms with Gasteiger partial charge in [0.15, 0.2) is 5.82 Å². The summed E-state index contributed by atoms with van der Waals surface area (Å²) in [6.45, 7) is 7.05. The predicted molar refractivity (Wildman–Crippen MR) is 85.3 cm³/mol. The molecule has 3 heterocycles. The van der Waals surface area contributed by atoms with Gasteiger partial charge in [-0.05, 0) is 49.5 Å². The van der Waals surface area contributed by atoms with E-state index < -0.39 is 0 Å². The third-order valence-corrected chi connectivity index (χ3v) is 4.35. The average molecular weight is 348 g/mol. The lowest BCUT2D eigenvalue weighted by Crippen LogP contribution is -2.26. The van der Waals surface area contributed by atoms with Crippen LogP contribution in [0.5, 0.6) is 0 Å². The SMILES string of the molecule is Cc1nc(C)c(C)c(N2CCC[C@H]2c2ncc(Br)cn2)n1. The van der Waals surface area contributed by atoms with Crippen molar-refractivity contribution < 1.29 is 0 Å². The van der Waals surface area contributed by atoms with Crippen LogP contribution in [0.3, 0.4) is 0 Å². The minimum absolute atomic E-state index is 0.200. The van der Waals surface area contributed by atoms with E-state index >= 15 is 0 Å². The van der Waals surface area contributed by atoms with Crippen molar-refractivity contribution in [3.63, 3.8) is 0 Å². The standard InChI is InChI=1S/C15H18BrN5/c1-9-10(2)19-11(3)20-15(9)21-6-4-5-13(21)14-17-7-12(16)8-18-14/h7-8,13H,4-6H2,1-3H3/t13-/m0/s1. The number of aromatic nitrogens is 4. The molecule has 0 saturated carbocycles. The maximum Gasteiger partial charge on any atom is 0.150 e. The van der Waals surface area contributed by atoms with Crippen molar-refractivity contribution in [3.05, 3.63) is 39.8 Å². The average Bonchev–Trinajstić information content (AvgIpc) is 2.93. The number of hydrogen-bond acceptors (Lipinski definition) is 5. The topological polar surface area (TPSA) is 54.8 Å². The summed E-state index contributed by atoms with van der Waals surface area (Å²) in [6.07, 6.45) is 5.80. The lowest BCUT2D eigenvalue weighted by atomic mass is 10.2. The molecule has 0 radical (unpaired) electrons. The van der Waals surface area contributed by atoms with Gasteiger partial charge in [-0.3, -0.25) is 0 Å². The van der Waals surface area contributed by atoms with Crippen LogP contribution >= 0.6 is 15.9 Å². The van der Waals surface area contributed by atoms with Gasteiger partial charge in [-0.25, -0.2) is 19.9 Å². The van der Waals surface area contributed by atoms with Crippen molar-refractivity contribution in [1.82, 2.24) is 19.9 Å². The molecule has 21 heavy (non-hydrogen) atoms. The van der Waals surface area contributed by atoms with Gasteiger partial charge in [0.25, 0.3) is 0 Å². The molecule has 110 valence electrons. The van der Waals surface area contributed by atoms with Crippen LogP contribution < -0.4 is 4.90 Å². The summed E-state index contributed by atoms with van der Waals surface area (Å²) in [5.74, 6) is 2.70. The van der Waals surface area contributed by atoms with Crippen LogP contribution in [0.4, 0.5) is 5.82 Å². The molecule has 2 aromatic heterocycles. The summed E-state index contributed by atoms with van der Waals surface area (Å²) in [5, 5.41) is 0. The number of nitrogens with zero attached hydrogens (tertiary/aromatic N) is 5. The molecule has 0 spiro atoms. The molecule has 5 nitrogen and oxygen atoms in total. The Morgan fingerprint density at radius 3 is 2.57 bits per heavy atom. The summed E-state index contributed by atoms with van der Waals surface area (Å²) >= 11 is 3.39. The van der Waals surface area contributed by atoms with E-state index in [9.17, 15) is 0 Å². The van der Waals surface area contributed by atoms with Crippen LogP contribution in [0.15, 0.2) is 16.9 Å². The molecule has 2 aromatic rings. The summed E-state index contributed by atoms with van der Waals surface area (Å²) in [4.78, 5) is 20.4. The van der Waals surface area contributed by atoms with Gasteiger partial charge in [-0.1, -0.05) is 0 Å². The Balaban J connectivity index is 1.99. The van der Waals surface area contributed by atoms with Crippen molar-refractivity contribution in [1.29, 1.82) is 0 Å². The van der Waals surface area contributed by atoms with Crippen molar-refractivity contribution in [2.45, 2.75) is 39.7 Å².